The summed E-state index contributed by atoms with van der Waals surface area (Å²) in [6.45, 7) is 6.31. The van der Waals surface area contributed by atoms with Gasteiger partial charge in [0.25, 0.3) is 0 Å². The molecule has 0 spiro atoms. The van der Waals surface area contributed by atoms with Gasteiger partial charge in [-0.25, -0.2) is 0 Å². The van der Waals surface area contributed by atoms with Gasteiger partial charge in [0.2, 0.25) is 0 Å². The fraction of sp³-hybridized carbons (Fsp3) is 0.105. The number of thioether (sulfide) groups is 1. The average molecular weight is 665 g/mol. The minimum Gasteiger partial charge on any atom is -0.308 e. The Bertz CT molecular complexity index is 1810. The van der Waals surface area contributed by atoms with Crippen molar-refractivity contribution >= 4 is 79.6 Å². The van der Waals surface area contributed by atoms with E-state index >= 15 is 0 Å². The highest BCUT2D eigenvalue weighted by molar-refractivity contribution is 8.08. The lowest BCUT2D eigenvalue weighted by atomic mass is 10.0. The Morgan fingerprint density at radius 1 is 0.886 bits per heavy atom. The molecule has 0 radical (unpaired) electrons. The third kappa shape index (κ3) is 6.81. The minimum atomic E-state index is -3.00. The summed E-state index contributed by atoms with van der Waals surface area (Å²) in [6, 6.07) is 39.6. The Balaban J connectivity index is 1.26. The Kier molecular flexibility index (Phi) is 10.2. The minimum absolute atomic E-state index is 0.570. The molecular formula is C38H34OP2S3. The first-order chi connectivity index (χ1) is 21.6. The van der Waals surface area contributed by atoms with Crippen molar-refractivity contribution in [1.29, 1.82) is 0 Å². The molecule has 0 aliphatic heterocycles. The van der Waals surface area contributed by atoms with Crippen molar-refractivity contribution in [2.24, 2.45) is 5.92 Å². The van der Waals surface area contributed by atoms with E-state index in [4.69, 9.17) is 0 Å². The molecule has 5 aromatic rings. The van der Waals surface area contributed by atoms with Crippen LogP contribution in [-0.2, 0) is 10.3 Å². The van der Waals surface area contributed by atoms with Crippen LogP contribution in [0, 0.1) is 5.92 Å². The number of rotatable bonds is 11. The van der Waals surface area contributed by atoms with Crippen LogP contribution in [0.15, 0.2) is 158 Å². The molecule has 0 bridgehead atoms. The second kappa shape index (κ2) is 14.4. The van der Waals surface area contributed by atoms with Gasteiger partial charge in [-0.2, -0.15) is 0 Å². The molecule has 1 nitrogen and oxygen atoms in total. The predicted molar refractivity (Wildman–Crippen MR) is 201 cm³/mol. The number of hydrogen-bond acceptors (Lipinski definition) is 4. The molecule has 0 amide bonds. The van der Waals surface area contributed by atoms with Crippen molar-refractivity contribution in [3.05, 3.63) is 167 Å². The SMILES string of the molecule is C=C/C=C(\SCc1ccc(P(C2=CC(C)CC=C2)c2ccccc2)s1)c1ccc(P(=O)(c2ccccc2)c2ccccc2)s1. The van der Waals surface area contributed by atoms with Gasteiger partial charge in [0.15, 0.2) is 7.14 Å². The Labute approximate surface area is 274 Å². The van der Waals surface area contributed by atoms with Crippen molar-refractivity contribution < 1.29 is 4.57 Å². The van der Waals surface area contributed by atoms with Crippen LogP contribution in [-0.4, -0.2) is 0 Å². The van der Waals surface area contributed by atoms with Gasteiger partial charge in [-0.3, -0.25) is 0 Å². The Morgan fingerprint density at radius 3 is 2.18 bits per heavy atom. The first-order valence-electron chi connectivity index (χ1n) is 14.7. The van der Waals surface area contributed by atoms with Crippen LogP contribution in [0.1, 0.15) is 23.1 Å². The van der Waals surface area contributed by atoms with Gasteiger partial charge in [0.1, 0.15) is 0 Å². The topological polar surface area (TPSA) is 17.1 Å². The molecule has 44 heavy (non-hydrogen) atoms. The van der Waals surface area contributed by atoms with Crippen molar-refractivity contribution in [1.82, 2.24) is 0 Å². The van der Waals surface area contributed by atoms with Crippen molar-refractivity contribution in [3.8, 4) is 0 Å². The molecule has 2 aromatic heterocycles. The number of thiophene rings is 2. The lowest BCUT2D eigenvalue weighted by molar-refractivity contribution is 0.593. The number of benzene rings is 3. The Morgan fingerprint density at radius 2 is 1.55 bits per heavy atom. The molecule has 6 heteroatoms. The molecule has 2 unspecified atom stereocenters. The summed E-state index contributed by atoms with van der Waals surface area (Å²) in [5.41, 5.74) is 0. The van der Waals surface area contributed by atoms with Crippen molar-refractivity contribution in [3.63, 3.8) is 0 Å². The lowest BCUT2D eigenvalue weighted by Crippen LogP contribution is -2.23. The molecule has 0 saturated carbocycles. The van der Waals surface area contributed by atoms with Crippen LogP contribution in [0.2, 0.25) is 0 Å². The zero-order valence-electron chi connectivity index (χ0n) is 24.6. The van der Waals surface area contributed by atoms with E-state index in [1.807, 2.05) is 89.8 Å². The fourth-order valence-corrected chi connectivity index (χ4v) is 15.2. The third-order valence-electron chi connectivity index (χ3n) is 7.42. The van der Waals surface area contributed by atoms with Gasteiger partial charge in [0.05, 0.1) is 4.62 Å². The maximum atomic E-state index is 14.9. The molecule has 2 heterocycles. The average Bonchev–Trinajstić information content (AvgIpc) is 3.75. The standard InChI is InChI=1S/C38H34OP2S3/c1-3-14-35(36-24-26-38(44-36)41(39,32-19-9-5-10-20-32)33-21-11-6-12-22-33)42-28-34-23-25-37(43-34)40(30-16-7-4-8-17-30)31-18-13-15-29(2)27-31/h3-14,16-27,29H,1,15,28H2,2H3/b35-14-. The van der Waals surface area contributed by atoms with Crippen LogP contribution in [0.3, 0.4) is 0 Å². The van der Waals surface area contributed by atoms with E-state index < -0.39 is 15.1 Å². The maximum Gasteiger partial charge on any atom is 0.180 e. The van der Waals surface area contributed by atoms with E-state index in [9.17, 15) is 4.57 Å². The smallest absolute Gasteiger partial charge is 0.180 e. The molecule has 220 valence electrons. The monoisotopic (exact) mass is 664 g/mol. The largest absolute Gasteiger partial charge is 0.308 e. The molecule has 0 N–H and O–H groups in total. The summed E-state index contributed by atoms with van der Waals surface area (Å²) in [7, 11) is -3.58. The summed E-state index contributed by atoms with van der Waals surface area (Å²) < 4.78 is 17.2. The van der Waals surface area contributed by atoms with E-state index in [2.05, 4.69) is 92.4 Å². The van der Waals surface area contributed by atoms with Gasteiger partial charge >= 0.3 is 0 Å². The lowest BCUT2D eigenvalue weighted by Gasteiger charge is -2.22. The van der Waals surface area contributed by atoms with E-state index in [-0.39, 0.29) is 0 Å². The second-order valence-electron chi connectivity index (χ2n) is 10.6. The first-order valence-corrected chi connectivity index (χ1v) is 20.3. The van der Waals surface area contributed by atoms with Crippen LogP contribution in [0.5, 0.6) is 0 Å². The zero-order valence-corrected chi connectivity index (χ0v) is 28.8. The number of hydrogen-bond donors (Lipinski definition) is 0. The summed E-state index contributed by atoms with van der Waals surface area (Å²) in [5, 5.41) is 4.57. The maximum absolute atomic E-state index is 14.9. The van der Waals surface area contributed by atoms with Gasteiger partial charge in [-0.15, -0.1) is 34.4 Å². The summed E-state index contributed by atoms with van der Waals surface area (Å²) in [5.74, 6) is 1.44. The Hall–Kier alpha value is -2.97. The molecule has 3 aromatic carbocycles. The molecule has 0 saturated heterocycles. The highest BCUT2D eigenvalue weighted by Gasteiger charge is 2.31. The van der Waals surface area contributed by atoms with Crippen LogP contribution < -0.4 is 25.2 Å². The quantitative estimate of drug-likeness (QED) is 0.103. The normalized spacial score (nSPS) is 16.0. The third-order valence-corrected chi connectivity index (χ3v) is 17.6. The highest BCUT2D eigenvalue weighted by atomic mass is 32.2. The first kappa shape index (κ1) is 31.0. The molecule has 6 rings (SSSR count). The molecular weight excluding hydrogens is 631 g/mol. The van der Waals surface area contributed by atoms with E-state index in [0.717, 1.165) is 37.2 Å². The van der Waals surface area contributed by atoms with Crippen LogP contribution in [0.25, 0.3) is 4.91 Å². The fourth-order valence-electron chi connectivity index (χ4n) is 5.28. The van der Waals surface area contributed by atoms with Gasteiger partial charge in [-0.1, -0.05) is 129 Å². The van der Waals surface area contributed by atoms with E-state index in [0.29, 0.717) is 5.92 Å². The van der Waals surface area contributed by atoms with E-state index in [1.54, 1.807) is 11.3 Å². The second-order valence-corrected chi connectivity index (χ2v) is 19.4. The predicted octanol–water partition coefficient (Wildman–Crippen LogP) is 9.82. The van der Waals surface area contributed by atoms with Gasteiger partial charge in [0, 0.05) is 35.6 Å². The van der Waals surface area contributed by atoms with Crippen LogP contribution in [0.4, 0.5) is 0 Å². The molecule has 0 fully saturated rings. The molecule has 1 aliphatic rings. The van der Waals surface area contributed by atoms with E-state index in [1.165, 1.54) is 20.1 Å². The van der Waals surface area contributed by atoms with Crippen LogP contribution >= 0.6 is 49.5 Å². The number of allylic oxidation sites excluding steroid dienone is 6. The summed E-state index contributed by atoms with van der Waals surface area (Å²) in [4.78, 5) is 3.62. The zero-order chi connectivity index (χ0) is 30.4. The van der Waals surface area contributed by atoms with Crippen molar-refractivity contribution in [2.45, 2.75) is 19.1 Å². The van der Waals surface area contributed by atoms with Crippen molar-refractivity contribution in [2.75, 3.05) is 0 Å². The summed E-state index contributed by atoms with van der Waals surface area (Å²) in [6.07, 6.45) is 12.2. The summed E-state index contributed by atoms with van der Waals surface area (Å²) >= 11 is 5.38. The van der Waals surface area contributed by atoms with Gasteiger partial charge < -0.3 is 4.57 Å². The molecule has 2 atom stereocenters. The molecule has 1 aliphatic carbocycles. The van der Waals surface area contributed by atoms with Gasteiger partial charge in [-0.05, 0) is 61.2 Å². The highest BCUT2D eigenvalue weighted by Crippen LogP contribution is 2.49.